The third-order valence-electron chi connectivity index (χ3n) is 2.76. The van der Waals surface area contributed by atoms with Crippen LogP contribution in [-0.2, 0) is 9.59 Å². The molecule has 7 nitrogen and oxygen atoms in total. The SMILES string of the molecule is Cc1cccc2c1=c1ccccc1=2.N=C=O.N=C=O.NC(=O)O. The molecule has 0 bridgehead atoms. The van der Waals surface area contributed by atoms with Gasteiger partial charge in [0.25, 0.3) is 0 Å². The summed E-state index contributed by atoms with van der Waals surface area (Å²) in [6.45, 7) is 2.18. The number of carbonyl (C=O) groups excluding carboxylic acids is 2. The Bertz CT molecular complexity index is 911. The van der Waals surface area contributed by atoms with E-state index >= 15 is 0 Å². The first-order valence-corrected chi connectivity index (χ1v) is 6.20. The van der Waals surface area contributed by atoms with Gasteiger partial charge in [0.15, 0.2) is 0 Å². The quantitative estimate of drug-likeness (QED) is 0.372. The van der Waals surface area contributed by atoms with Crippen LogP contribution in [0.4, 0.5) is 4.79 Å². The summed E-state index contributed by atoms with van der Waals surface area (Å²) in [5.74, 6) is 0. The van der Waals surface area contributed by atoms with Crippen LogP contribution in [0, 0.1) is 38.6 Å². The summed E-state index contributed by atoms with van der Waals surface area (Å²) >= 11 is 0. The van der Waals surface area contributed by atoms with Crippen LogP contribution in [0.3, 0.4) is 0 Å². The van der Waals surface area contributed by atoms with E-state index in [9.17, 15) is 0 Å². The van der Waals surface area contributed by atoms with E-state index in [1.54, 1.807) is 0 Å². The highest BCUT2D eigenvalue weighted by atomic mass is 16.4. The van der Waals surface area contributed by atoms with Crippen LogP contribution in [0.25, 0.3) is 0 Å². The number of fused-ring (bicyclic) bond motifs is 2. The smallest absolute Gasteiger partial charge is 0.402 e. The zero-order chi connectivity index (χ0) is 17.8. The van der Waals surface area contributed by atoms with Crippen molar-refractivity contribution >= 4 is 18.3 Å². The highest BCUT2D eigenvalue weighted by Crippen LogP contribution is 2.15. The van der Waals surface area contributed by atoms with Gasteiger partial charge in [0, 0.05) is 0 Å². The molecule has 0 saturated carbocycles. The Morgan fingerprint density at radius 2 is 1.35 bits per heavy atom. The van der Waals surface area contributed by atoms with E-state index in [-0.39, 0.29) is 0 Å². The molecule has 7 heteroatoms. The topological polar surface area (TPSA) is 145 Å². The molecule has 0 aliphatic heterocycles. The molecule has 5 N–H and O–H groups in total. The van der Waals surface area contributed by atoms with Crippen LogP contribution in [0.2, 0.25) is 0 Å². The first-order valence-electron chi connectivity index (χ1n) is 6.20. The van der Waals surface area contributed by atoms with E-state index in [1.165, 1.54) is 26.4 Å². The van der Waals surface area contributed by atoms with Crippen molar-refractivity contribution in [3.8, 4) is 0 Å². The third-order valence-corrected chi connectivity index (χ3v) is 2.76. The van der Waals surface area contributed by atoms with Gasteiger partial charge < -0.3 is 10.8 Å². The molecule has 1 aliphatic carbocycles. The Hall–Kier alpha value is -3.53. The predicted molar refractivity (Wildman–Crippen MR) is 82.0 cm³/mol. The predicted octanol–water partition coefficient (Wildman–Crippen LogP) is 2.31. The lowest BCUT2D eigenvalue weighted by atomic mass is 9.98. The van der Waals surface area contributed by atoms with Gasteiger partial charge in [-0.25, -0.2) is 25.2 Å². The van der Waals surface area contributed by atoms with Crippen LogP contribution < -0.4 is 5.73 Å². The molecule has 0 spiro atoms. The first-order chi connectivity index (χ1) is 10.9. The molecule has 23 heavy (non-hydrogen) atoms. The molecule has 1 amide bonds. The molecule has 1 aliphatic rings. The second kappa shape index (κ2) is 10.2. The fraction of sp³-hybridized carbons (Fsp3) is 0.0625. The van der Waals surface area contributed by atoms with Gasteiger partial charge in [0.2, 0.25) is 12.2 Å². The van der Waals surface area contributed by atoms with Crippen molar-refractivity contribution in [2.45, 2.75) is 6.92 Å². The molecule has 118 valence electrons. The average Bonchev–Trinajstić information content (AvgIpc) is 2.45. The van der Waals surface area contributed by atoms with E-state index in [2.05, 4.69) is 55.1 Å². The molecular weight excluding hydrogens is 298 g/mol. The monoisotopic (exact) mass is 313 g/mol. The van der Waals surface area contributed by atoms with Gasteiger partial charge in [0.05, 0.1) is 0 Å². The molecule has 0 heterocycles. The van der Waals surface area contributed by atoms with Crippen LogP contribution in [-0.4, -0.2) is 23.4 Å². The lowest BCUT2D eigenvalue weighted by Gasteiger charge is -2.06. The summed E-state index contributed by atoms with van der Waals surface area (Å²) in [6, 6.07) is 15.1. The molecule has 2 aromatic carbocycles. The second-order valence-electron chi connectivity index (χ2n) is 4.09. The van der Waals surface area contributed by atoms with Gasteiger partial charge in [-0.05, 0) is 33.4 Å². The fourth-order valence-electron chi connectivity index (χ4n) is 2.12. The zero-order valence-corrected chi connectivity index (χ0v) is 12.3. The minimum atomic E-state index is -1.33. The summed E-state index contributed by atoms with van der Waals surface area (Å²) in [6.07, 6.45) is 0.167. The van der Waals surface area contributed by atoms with E-state index in [1.807, 2.05) is 0 Å². The van der Waals surface area contributed by atoms with E-state index in [0.29, 0.717) is 0 Å². The maximum absolute atomic E-state index is 8.78. The number of isocyanates is 2. The lowest BCUT2D eigenvalue weighted by Crippen LogP contribution is -2.03. The Labute approximate surface area is 131 Å². The lowest BCUT2D eigenvalue weighted by molar-refractivity contribution is 0.205. The number of carbonyl (C=O) groups is 1. The first kappa shape index (κ1) is 19.5. The van der Waals surface area contributed by atoms with Gasteiger partial charge in [-0.2, -0.15) is 0 Å². The second-order valence-corrected chi connectivity index (χ2v) is 4.09. The van der Waals surface area contributed by atoms with Gasteiger partial charge >= 0.3 is 6.09 Å². The molecule has 0 unspecified atom stereocenters. The van der Waals surface area contributed by atoms with Gasteiger partial charge in [0.1, 0.15) is 0 Å². The molecule has 3 rings (SSSR count). The van der Waals surface area contributed by atoms with Gasteiger partial charge in [-0.3, -0.25) is 0 Å². The Morgan fingerprint density at radius 3 is 1.83 bits per heavy atom. The average molecular weight is 313 g/mol. The number of nitrogens with one attached hydrogen (secondary N) is 2. The summed E-state index contributed by atoms with van der Waals surface area (Å²) in [4.78, 5) is 25.5. The Balaban J connectivity index is 0.000000409. The number of rotatable bonds is 0. The summed E-state index contributed by atoms with van der Waals surface area (Å²) in [7, 11) is 0. The minimum absolute atomic E-state index is 0.750. The van der Waals surface area contributed by atoms with Crippen molar-refractivity contribution in [1.82, 2.24) is 0 Å². The van der Waals surface area contributed by atoms with Crippen molar-refractivity contribution in [2.24, 2.45) is 5.73 Å². The number of benzene rings is 2. The number of hydrogen-bond acceptors (Lipinski definition) is 5. The molecule has 0 aromatic heterocycles. The zero-order valence-electron chi connectivity index (χ0n) is 12.3. The van der Waals surface area contributed by atoms with Crippen molar-refractivity contribution in [3.63, 3.8) is 0 Å². The number of amides is 1. The number of carboxylic acid groups (broad SMARTS) is 1. The molecule has 2 aromatic rings. The maximum atomic E-state index is 8.78. The molecule has 0 saturated heterocycles. The summed E-state index contributed by atoms with van der Waals surface area (Å²) in [5, 5.41) is 23.7. The molecule has 0 radical (unpaired) electrons. The fourth-order valence-corrected chi connectivity index (χ4v) is 2.12. The molecular formula is C16H15N3O4. The highest BCUT2D eigenvalue weighted by Gasteiger charge is 2.01. The summed E-state index contributed by atoms with van der Waals surface area (Å²) in [5.41, 5.74) is 5.41. The van der Waals surface area contributed by atoms with Crippen LogP contribution in [0.5, 0.6) is 0 Å². The van der Waals surface area contributed by atoms with Gasteiger partial charge in [-0.1, -0.05) is 42.5 Å². The number of hydrogen-bond donors (Lipinski definition) is 4. The van der Waals surface area contributed by atoms with Gasteiger partial charge in [-0.15, -0.1) is 0 Å². The third kappa shape index (κ3) is 5.77. The van der Waals surface area contributed by atoms with E-state index < -0.39 is 6.09 Å². The van der Waals surface area contributed by atoms with Crippen LogP contribution in [0.1, 0.15) is 5.56 Å². The van der Waals surface area contributed by atoms with Crippen LogP contribution in [0.15, 0.2) is 42.5 Å². The molecule has 0 atom stereocenters. The Kier molecular flexibility index (Phi) is 8.66. The van der Waals surface area contributed by atoms with Crippen molar-refractivity contribution in [2.75, 3.05) is 0 Å². The van der Waals surface area contributed by atoms with Crippen molar-refractivity contribution in [1.29, 1.82) is 10.8 Å². The maximum Gasteiger partial charge on any atom is 0.402 e. The highest BCUT2D eigenvalue weighted by molar-refractivity contribution is 5.61. The molecule has 0 fully saturated rings. The van der Waals surface area contributed by atoms with E-state index in [0.717, 1.165) is 12.2 Å². The van der Waals surface area contributed by atoms with Crippen molar-refractivity contribution in [3.05, 3.63) is 68.9 Å². The normalized spacial score (nSPS) is 8.22. The Morgan fingerprint density at radius 1 is 0.957 bits per heavy atom. The van der Waals surface area contributed by atoms with Crippen molar-refractivity contribution < 1.29 is 19.5 Å². The number of nitrogens with two attached hydrogens (primary N) is 1. The standard InChI is InChI=1S/C13H10.CH3NO2.2CHNO/c1-9-5-4-8-12-10-6-2-3-7-11(10)13(9)12;2-1(3)4;2*2-1-3/h2-8H,1H3;2H2,(H,3,4);2*2H. The number of aryl methyl sites for hydroxylation is 1. The number of primary amides is 1. The minimum Gasteiger partial charge on any atom is -0.465 e. The van der Waals surface area contributed by atoms with Crippen LogP contribution >= 0.6 is 0 Å². The largest absolute Gasteiger partial charge is 0.465 e. The summed E-state index contributed by atoms with van der Waals surface area (Å²) < 4.78 is 0. The van der Waals surface area contributed by atoms with E-state index in [4.69, 9.17) is 30.3 Å².